The van der Waals surface area contributed by atoms with Crippen LogP contribution in [-0.2, 0) is 6.54 Å². The monoisotopic (exact) mass is 331 g/mol. The van der Waals surface area contributed by atoms with E-state index in [-0.39, 0.29) is 0 Å². The molecule has 1 aromatic heterocycles. The second kappa shape index (κ2) is 4.18. The Bertz CT molecular complexity index is 528. The van der Waals surface area contributed by atoms with Gasteiger partial charge in [-0.3, -0.25) is 0 Å². The normalized spacial score (nSPS) is 10.9. The first kappa shape index (κ1) is 11.0. The molecule has 0 bridgehead atoms. The zero-order chi connectivity index (χ0) is 11.0. The van der Waals surface area contributed by atoms with E-state index in [1.807, 2.05) is 19.1 Å². The molecule has 15 heavy (non-hydrogen) atoms. The van der Waals surface area contributed by atoms with Gasteiger partial charge >= 0.3 is 0 Å². The Morgan fingerprint density at radius 3 is 2.93 bits per heavy atom. The third-order valence-electron chi connectivity index (χ3n) is 2.23. The van der Waals surface area contributed by atoms with Gasteiger partial charge in [0.1, 0.15) is 0 Å². The third-order valence-corrected chi connectivity index (χ3v) is 3.33. The van der Waals surface area contributed by atoms with E-state index in [2.05, 4.69) is 46.0 Å². The lowest BCUT2D eigenvalue weighted by Gasteiger charge is -2.03. The summed E-state index contributed by atoms with van der Waals surface area (Å²) in [5.74, 6) is 0. The van der Waals surface area contributed by atoms with Gasteiger partial charge in [0.2, 0.25) is 0 Å². The van der Waals surface area contributed by atoms with Gasteiger partial charge in [-0.25, -0.2) is 0 Å². The second-order valence-electron chi connectivity index (χ2n) is 3.72. The number of nitrogens with zero attached hydrogens (tertiary/aromatic N) is 1. The van der Waals surface area contributed by atoms with Crippen LogP contribution in [0.15, 0.2) is 36.5 Å². The molecule has 1 nitrogen and oxygen atoms in total. The number of hydrogen-bond acceptors (Lipinski definition) is 0. The Hall–Kier alpha value is -0.480. The van der Waals surface area contributed by atoms with Gasteiger partial charge in [-0.05, 0) is 47.7 Å². The van der Waals surface area contributed by atoms with E-state index >= 15 is 0 Å². The Morgan fingerprint density at radius 2 is 2.27 bits per heavy atom. The number of halogens is 2. The highest BCUT2D eigenvalue weighted by molar-refractivity contribution is 14.1. The summed E-state index contributed by atoms with van der Waals surface area (Å²) in [6.45, 7) is 6.83. The summed E-state index contributed by atoms with van der Waals surface area (Å²) in [6, 6.07) is 5.99. The molecule has 1 aromatic carbocycles. The zero-order valence-corrected chi connectivity index (χ0v) is 11.3. The van der Waals surface area contributed by atoms with E-state index in [0.717, 1.165) is 17.1 Å². The van der Waals surface area contributed by atoms with Gasteiger partial charge < -0.3 is 4.57 Å². The van der Waals surface area contributed by atoms with Gasteiger partial charge in [0.05, 0.1) is 0 Å². The van der Waals surface area contributed by atoms with Crippen molar-refractivity contribution in [3.63, 3.8) is 0 Å². The fraction of sp³-hybridized carbons (Fsp3) is 0.167. The lowest BCUT2D eigenvalue weighted by molar-refractivity contribution is 0.821. The number of rotatable bonds is 2. The minimum atomic E-state index is 0.786. The smallest absolute Gasteiger partial charge is 0.0495 e. The van der Waals surface area contributed by atoms with Crippen molar-refractivity contribution in [1.82, 2.24) is 4.57 Å². The Balaban J connectivity index is 2.62. The van der Waals surface area contributed by atoms with E-state index in [9.17, 15) is 0 Å². The maximum atomic E-state index is 5.98. The highest BCUT2D eigenvalue weighted by Gasteiger charge is 2.06. The molecule has 0 spiro atoms. The quantitative estimate of drug-likeness (QED) is 0.565. The van der Waals surface area contributed by atoms with Gasteiger partial charge in [0.15, 0.2) is 0 Å². The molecule has 0 saturated heterocycles. The van der Waals surface area contributed by atoms with Crippen LogP contribution in [0.3, 0.4) is 0 Å². The van der Waals surface area contributed by atoms with E-state index in [1.165, 1.54) is 14.5 Å². The Kier molecular flexibility index (Phi) is 3.07. The maximum Gasteiger partial charge on any atom is 0.0495 e. The third kappa shape index (κ3) is 2.21. The van der Waals surface area contributed by atoms with Crippen LogP contribution in [0.4, 0.5) is 0 Å². The van der Waals surface area contributed by atoms with Crippen LogP contribution in [0, 0.1) is 3.57 Å². The van der Waals surface area contributed by atoms with Gasteiger partial charge in [-0.1, -0.05) is 23.8 Å². The van der Waals surface area contributed by atoms with Crippen LogP contribution in [-0.4, -0.2) is 4.57 Å². The van der Waals surface area contributed by atoms with E-state index in [4.69, 9.17) is 11.6 Å². The van der Waals surface area contributed by atoms with Crippen molar-refractivity contribution in [2.75, 3.05) is 0 Å². The summed E-state index contributed by atoms with van der Waals surface area (Å²) >= 11 is 8.31. The van der Waals surface area contributed by atoms with Crippen molar-refractivity contribution in [3.05, 3.63) is 45.1 Å². The lowest BCUT2D eigenvalue weighted by atomic mass is 10.2. The van der Waals surface area contributed by atoms with Crippen molar-refractivity contribution in [3.8, 4) is 0 Å². The first-order chi connectivity index (χ1) is 7.08. The molecule has 0 aliphatic rings. The average molecular weight is 332 g/mol. The molecule has 0 atom stereocenters. The largest absolute Gasteiger partial charge is 0.342 e. The summed E-state index contributed by atoms with van der Waals surface area (Å²) in [5, 5.41) is 2.00. The van der Waals surface area contributed by atoms with E-state index in [1.54, 1.807) is 0 Å². The molecule has 0 N–H and O–H groups in total. The fourth-order valence-electron chi connectivity index (χ4n) is 1.65. The van der Waals surface area contributed by atoms with Gasteiger partial charge in [-0.2, -0.15) is 0 Å². The van der Waals surface area contributed by atoms with Crippen molar-refractivity contribution in [1.29, 1.82) is 0 Å². The minimum Gasteiger partial charge on any atom is -0.342 e. The second-order valence-corrected chi connectivity index (χ2v) is 5.32. The fourth-order valence-corrected chi connectivity index (χ4v) is 2.59. The number of benzene rings is 1. The zero-order valence-electron chi connectivity index (χ0n) is 8.43. The maximum absolute atomic E-state index is 5.98. The molecule has 0 radical (unpaired) electrons. The van der Waals surface area contributed by atoms with Crippen LogP contribution in [0.25, 0.3) is 10.9 Å². The molecule has 2 rings (SSSR count). The predicted octanol–water partition coefficient (Wildman–Crippen LogP) is 4.48. The minimum absolute atomic E-state index is 0.786. The summed E-state index contributed by atoms with van der Waals surface area (Å²) in [6.07, 6.45) is 2.14. The molecule has 0 aliphatic heterocycles. The Morgan fingerprint density at radius 1 is 1.53 bits per heavy atom. The highest BCUT2D eigenvalue weighted by Crippen LogP contribution is 2.26. The molecular formula is C12H11ClIN. The van der Waals surface area contributed by atoms with Crippen molar-refractivity contribution in [2.45, 2.75) is 13.5 Å². The molecule has 0 aliphatic carbocycles. The molecule has 1 heterocycles. The van der Waals surface area contributed by atoms with Gasteiger partial charge in [0, 0.05) is 32.2 Å². The standard InChI is InChI=1S/C12H11ClIN/c1-8(2)6-15-7-11(14)10-5-9(13)3-4-12(10)15/h3-5,7H,1,6H2,2H3. The number of allylic oxidation sites excluding steroid dienone is 1. The average Bonchev–Trinajstić information content (AvgIpc) is 2.42. The SMILES string of the molecule is C=C(C)Cn1cc(I)c2cc(Cl)ccc21. The van der Waals surface area contributed by atoms with Crippen molar-refractivity contribution >= 4 is 45.1 Å². The van der Waals surface area contributed by atoms with Crippen molar-refractivity contribution < 1.29 is 0 Å². The number of fused-ring (bicyclic) bond motifs is 1. The number of hydrogen-bond donors (Lipinski definition) is 0. The molecule has 0 fully saturated rings. The molecule has 78 valence electrons. The first-order valence-electron chi connectivity index (χ1n) is 4.66. The van der Waals surface area contributed by atoms with Crippen molar-refractivity contribution in [2.24, 2.45) is 0 Å². The Labute approximate surface area is 108 Å². The molecule has 3 heteroatoms. The molecule has 0 unspecified atom stereocenters. The van der Waals surface area contributed by atoms with E-state index < -0.39 is 0 Å². The van der Waals surface area contributed by atoms with Crippen LogP contribution < -0.4 is 0 Å². The van der Waals surface area contributed by atoms with Crippen LogP contribution in [0.2, 0.25) is 5.02 Å². The van der Waals surface area contributed by atoms with E-state index in [0.29, 0.717) is 0 Å². The summed E-state index contributed by atoms with van der Waals surface area (Å²) in [7, 11) is 0. The summed E-state index contributed by atoms with van der Waals surface area (Å²) in [5.41, 5.74) is 2.37. The predicted molar refractivity (Wildman–Crippen MR) is 74.5 cm³/mol. The highest BCUT2D eigenvalue weighted by atomic mass is 127. The van der Waals surface area contributed by atoms with Gasteiger partial charge in [-0.15, -0.1) is 0 Å². The summed E-state index contributed by atoms with van der Waals surface area (Å²) in [4.78, 5) is 0. The summed E-state index contributed by atoms with van der Waals surface area (Å²) < 4.78 is 3.43. The van der Waals surface area contributed by atoms with Crippen LogP contribution in [0.1, 0.15) is 6.92 Å². The van der Waals surface area contributed by atoms with Crippen LogP contribution >= 0.6 is 34.2 Å². The van der Waals surface area contributed by atoms with Gasteiger partial charge in [0.25, 0.3) is 0 Å². The molecule has 2 aromatic rings. The number of aromatic nitrogens is 1. The molecular weight excluding hydrogens is 320 g/mol. The van der Waals surface area contributed by atoms with Crippen LogP contribution in [0.5, 0.6) is 0 Å². The topological polar surface area (TPSA) is 4.93 Å². The first-order valence-corrected chi connectivity index (χ1v) is 6.12. The molecule has 0 saturated carbocycles. The molecule has 0 amide bonds. The lowest BCUT2D eigenvalue weighted by Crippen LogP contribution is -1.95.